The van der Waals surface area contributed by atoms with Crippen LogP contribution in [0.25, 0.3) is 0 Å². The van der Waals surface area contributed by atoms with E-state index in [1.807, 2.05) is 6.07 Å². The lowest BCUT2D eigenvalue weighted by atomic mass is 9.68. The van der Waals surface area contributed by atoms with Crippen molar-refractivity contribution in [3.05, 3.63) is 71.8 Å². The Kier molecular flexibility index (Phi) is 5.31. The number of carbonyl (C=O) groups excluding carboxylic acids is 2. The smallest absolute Gasteiger partial charge is 0.294 e. The van der Waals surface area contributed by atoms with Gasteiger partial charge in [-0.1, -0.05) is 60.7 Å². The molecule has 0 radical (unpaired) electrons. The predicted octanol–water partition coefficient (Wildman–Crippen LogP) is 3.60. The van der Waals surface area contributed by atoms with Crippen molar-refractivity contribution in [3.63, 3.8) is 0 Å². The summed E-state index contributed by atoms with van der Waals surface area (Å²) in [6.45, 7) is 3.51. The molecule has 28 heavy (non-hydrogen) atoms. The largest absolute Gasteiger partial charge is 0.336 e. The number of amides is 1. The lowest BCUT2D eigenvalue weighted by Gasteiger charge is -2.49. The number of carbonyl (C=O) groups is 2. The van der Waals surface area contributed by atoms with Crippen molar-refractivity contribution >= 4 is 11.7 Å². The molecule has 2 fully saturated rings. The van der Waals surface area contributed by atoms with Gasteiger partial charge in [0.25, 0.3) is 5.91 Å². The van der Waals surface area contributed by atoms with Crippen molar-refractivity contribution in [1.29, 1.82) is 0 Å². The fourth-order valence-electron chi connectivity index (χ4n) is 5.02. The van der Waals surface area contributed by atoms with E-state index >= 15 is 0 Å². The summed E-state index contributed by atoms with van der Waals surface area (Å²) < 4.78 is 0. The first-order valence-corrected chi connectivity index (χ1v) is 10.2. The number of rotatable bonds is 3. The monoisotopic (exact) mass is 376 g/mol. The zero-order valence-electron chi connectivity index (χ0n) is 16.5. The molecule has 0 aliphatic carbocycles. The van der Waals surface area contributed by atoms with E-state index in [1.54, 1.807) is 29.2 Å². The summed E-state index contributed by atoms with van der Waals surface area (Å²) in [4.78, 5) is 29.4. The van der Waals surface area contributed by atoms with E-state index in [1.165, 1.54) is 5.56 Å². The molecule has 4 nitrogen and oxygen atoms in total. The maximum absolute atomic E-state index is 12.7. The normalized spacial score (nSPS) is 22.2. The zero-order valence-corrected chi connectivity index (χ0v) is 16.5. The van der Waals surface area contributed by atoms with Crippen molar-refractivity contribution in [3.8, 4) is 0 Å². The van der Waals surface area contributed by atoms with E-state index in [9.17, 15) is 9.59 Å². The van der Waals surface area contributed by atoms with E-state index in [2.05, 4.69) is 42.3 Å². The molecule has 4 heteroatoms. The SMILES string of the molecule is CN1C[C@@H](c2ccccc2)CC2(CCN(C(=O)C(=O)c3ccccc3)CC2)C1. The summed E-state index contributed by atoms with van der Waals surface area (Å²) in [5, 5.41) is 0. The fraction of sp³-hybridized carbons (Fsp3) is 0.417. The van der Waals surface area contributed by atoms with Crippen LogP contribution < -0.4 is 0 Å². The molecular weight excluding hydrogens is 348 g/mol. The number of Topliss-reactive ketones (excluding diaryl/α,β-unsaturated/α-hetero) is 1. The van der Waals surface area contributed by atoms with Gasteiger partial charge in [-0.05, 0) is 43.2 Å². The highest BCUT2D eigenvalue weighted by Crippen LogP contribution is 2.44. The van der Waals surface area contributed by atoms with Crippen molar-refractivity contribution in [1.82, 2.24) is 9.80 Å². The zero-order chi connectivity index (χ0) is 19.6. The molecule has 0 aromatic heterocycles. The van der Waals surface area contributed by atoms with Gasteiger partial charge in [0.05, 0.1) is 0 Å². The molecule has 2 saturated heterocycles. The molecule has 1 spiro atoms. The maximum Gasteiger partial charge on any atom is 0.294 e. The van der Waals surface area contributed by atoms with E-state index in [4.69, 9.17) is 0 Å². The van der Waals surface area contributed by atoms with Crippen LogP contribution in [-0.2, 0) is 4.79 Å². The van der Waals surface area contributed by atoms with Crippen molar-refractivity contribution in [2.24, 2.45) is 5.41 Å². The van der Waals surface area contributed by atoms with Gasteiger partial charge >= 0.3 is 0 Å². The van der Waals surface area contributed by atoms with Gasteiger partial charge in [0, 0.05) is 31.7 Å². The summed E-state index contributed by atoms with van der Waals surface area (Å²) in [5.41, 5.74) is 2.13. The lowest BCUT2D eigenvalue weighted by molar-refractivity contribution is -0.129. The Labute approximate surface area is 167 Å². The highest BCUT2D eigenvalue weighted by molar-refractivity contribution is 6.42. The van der Waals surface area contributed by atoms with Crippen LogP contribution in [0.5, 0.6) is 0 Å². The molecule has 0 unspecified atom stereocenters. The molecule has 0 N–H and O–H groups in total. The van der Waals surface area contributed by atoms with Crippen LogP contribution in [0.2, 0.25) is 0 Å². The highest BCUT2D eigenvalue weighted by Gasteiger charge is 2.42. The molecule has 146 valence electrons. The van der Waals surface area contributed by atoms with Crippen LogP contribution in [0.3, 0.4) is 0 Å². The Morgan fingerprint density at radius 2 is 1.54 bits per heavy atom. The molecule has 4 rings (SSSR count). The number of hydrogen-bond donors (Lipinski definition) is 0. The number of hydrogen-bond acceptors (Lipinski definition) is 3. The first-order chi connectivity index (χ1) is 13.6. The van der Waals surface area contributed by atoms with Gasteiger partial charge in [-0.3, -0.25) is 9.59 Å². The number of likely N-dealkylation sites (N-methyl/N-ethyl adjacent to an activating group) is 1. The average molecular weight is 377 g/mol. The molecule has 1 atom stereocenters. The number of nitrogens with zero attached hydrogens (tertiary/aromatic N) is 2. The summed E-state index contributed by atoms with van der Waals surface area (Å²) in [6.07, 6.45) is 3.10. The van der Waals surface area contributed by atoms with Crippen LogP contribution in [0.15, 0.2) is 60.7 Å². The second-order valence-corrected chi connectivity index (χ2v) is 8.50. The number of piperidine rings is 2. The van der Waals surface area contributed by atoms with E-state index in [0.717, 1.165) is 32.4 Å². The number of benzene rings is 2. The Bertz CT molecular complexity index is 826. The van der Waals surface area contributed by atoms with Crippen LogP contribution in [0.4, 0.5) is 0 Å². The van der Waals surface area contributed by atoms with Crippen LogP contribution in [-0.4, -0.2) is 54.7 Å². The summed E-state index contributed by atoms with van der Waals surface area (Å²) in [5.74, 6) is -0.211. The fourth-order valence-corrected chi connectivity index (χ4v) is 5.02. The Hall–Kier alpha value is -2.46. The predicted molar refractivity (Wildman–Crippen MR) is 110 cm³/mol. The van der Waals surface area contributed by atoms with Gasteiger partial charge in [0.1, 0.15) is 0 Å². The molecule has 2 aliphatic rings. The van der Waals surface area contributed by atoms with Gasteiger partial charge in [0.2, 0.25) is 5.78 Å². The summed E-state index contributed by atoms with van der Waals surface area (Å²) in [7, 11) is 2.20. The molecular formula is C24H28N2O2. The second-order valence-electron chi connectivity index (χ2n) is 8.50. The van der Waals surface area contributed by atoms with Crippen LogP contribution in [0, 0.1) is 5.41 Å². The van der Waals surface area contributed by atoms with Crippen molar-refractivity contribution in [2.45, 2.75) is 25.2 Å². The number of ketones is 1. The third-order valence-electron chi connectivity index (χ3n) is 6.43. The average Bonchev–Trinajstić information content (AvgIpc) is 2.74. The highest BCUT2D eigenvalue weighted by atomic mass is 16.2. The second kappa shape index (κ2) is 7.88. The minimum absolute atomic E-state index is 0.236. The Morgan fingerprint density at radius 1 is 0.929 bits per heavy atom. The Balaban J connectivity index is 1.42. The standard InChI is InChI=1S/C24H28N2O2/c1-25-17-21(19-8-4-2-5-9-19)16-24(18-25)12-14-26(15-13-24)23(28)22(27)20-10-6-3-7-11-20/h2-11,21H,12-18H2,1H3/t21-/m0/s1. The molecule has 0 bridgehead atoms. The van der Waals surface area contributed by atoms with Gasteiger partial charge in [-0.2, -0.15) is 0 Å². The first kappa shape index (κ1) is 18.9. The van der Waals surface area contributed by atoms with Gasteiger partial charge in [-0.15, -0.1) is 0 Å². The van der Waals surface area contributed by atoms with Crippen molar-refractivity contribution in [2.75, 3.05) is 33.2 Å². The third-order valence-corrected chi connectivity index (χ3v) is 6.43. The van der Waals surface area contributed by atoms with Crippen molar-refractivity contribution < 1.29 is 9.59 Å². The summed E-state index contributed by atoms with van der Waals surface area (Å²) in [6, 6.07) is 19.6. The molecule has 2 heterocycles. The van der Waals surface area contributed by atoms with Crippen LogP contribution in [0.1, 0.15) is 41.1 Å². The topological polar surface area (TPSA) is 40.6 Å². The third kappa shape index (κ3) is 3.88. The maximum atomic E-state index is 12.7. The van der Waals surface area contributed by atoms with E-state index in [-0.39, 0.29) is 17.1 Å². The molecule has 1 amide bonds. The van der Waals surface area contributed by atoms with Gasteiger partial charge in [0.15, 0.2) is 0 Å². The van der Waals surface area contributed by atoms with E-state index in [0.29, 0.717) is 24.6 Å². The molecule has 2 aliphatic heterocycles. The lowest BCUT2D eigenvalue weighted by Crippen LogP contribution is -2.52. The number of likely N-dealkylation sites (tertiary alicyclic amines) is 2. The minimum atomic E-state index is -0.389. The van der Waals surface area contributed by atoms with E-state index < -0.39 is 0 Å². The van der Waals surface area contributed by atoms with Gasteiger partial charge in [-0.25, -0.2) is 0 Å². The Morgan fingerprint density at radius 3 is 2.18 bits per heavy atom. The van der Waals surface area contributed by atoms with Gasteiger partial charge < -0.3 is 9.80 Å². The molecule has 2 aromatic carbocycles. The first-order valence-electron chi connectivity index (χ1n) is 10.2. The van der Waals surface area contributed by atoms with Crippen LogP contribution >= 0.6 is 0 Å². The molecule has 0 saturated carbocycles. The quantitative estimate of drug-likeness (QED) is 0.607. The summed E-state index contributed by atoms with van der Waals surface area (Å²) >= 11 is 0. The molecule has 2 aromatic rings. The minimum Gasteiger partial charge on any atom is -0.336 e.